The fourth-order valence-corrected chi connectivity index (χ4v) is 2.22. The second kappa shape index (κ2) is 7.43. The van der Waals surface area contributed by atoms with E-state index in [9.17, 15) is 9.59 Å². The molecule has 0 aromatic carbocycles. The molecular weight excluding hydrogens is 262 g/mol. The largest absolute Gasteiger partial charge is 0.392 e. The van der Waals surface area contributed by atoms with Crippen LogP contribution in [0.2, 0.25) is 0 Å². The van der Waals surface area contributed by atoms with Crippen molar-refractivity contribution in [3.63, 3.8) is 0 Å². The van der Waals surface area contributed by atoms with E-state index < -0.39 is 11.5 Å². The van der Waals surface area contributed by atoms with E-state index >= 15 is 0 Å². The molecule has 0 aromatic heterocycles. The average molecular weight is 287 g/mol. The molecule has 0 fully saturated rings. The van der Waals surface area contributed by atoms with E-state index in [1.807, 2.05) is 27.7 Å². The van der Waals surface area contributed by atoms with Gasteiger partial charge in [-0.05, 0) is 33.6 Å². The van der Waals surface area contributed by atoms with Crippen LogP contribution in [0.15, 0.2) is 0 Å². The predicted molar refractivity (Wildman–Crippen MR) is 80.7 cm³/mol. The van der Waals surface area contributed by atoms with Crippen LogP contribution in [0.3, 0.4) is 0 Å². The van der Waals surface area contributed by atoms with Gasteiger partial charge in [-0.2, -0.15) is 0 Å². The Morgan fingerprint density at radius 2 is 1.63 bits per heavy atom. The van der Waals surface area contributed by atoms with E-state index in [-0.39, 0.29) is 22.8 Å². The Morgan fingerprint density at radius 1 is 1.16 bits per heavy atom. The second-order valence-electron chi connectivity index (χ2n) is 5.01. The van der Waals surface area contributed by atoms with Crippen molar-refractivity contribution >= 4 is 29.0 Å². The first-order chi connectivity index (χ1) is 8.71. The number of rotatable bonds is 7. The van der Waals surface area contributed by atoms with Gasteiger partial charge in [-0.1, -0.05) is 26.1 Å². The standard InChI is InChI=1S/C13H25N3O2S/c1-6-13(7-2,11(14)19)12(18)16-9(5)10(17)15-8(3)4/h8-9H,6-7H2,1-5H3,(H2,14,19)(H,15,17)(H,16,18). The highest BCUT2D eigenvalue weighted by molar-refractivity contribution is 7.80. The summed E-state index contributed by atoms with van der Waals surface area (Å²) < 4.78 is 0. The number of nitrogens with two attached hydrogens (primary N) is 1. The molecule has 2 amide bonds. The number of carbonyl (C=O) groups is 2. The zero-order chi connectivity index (χ0) is 15.2. The molecule has 1 atom stereocenters. The molecule has 19 heavy (non-hydrogen) atoms. The van der Waals surface area contributed by atoms with Gasteiger partial charge in [-0.25, -0.2) is 0 Å². The molecule has 4 N–H and O–H groups in total. The minimum absolute atomic E-state index is 0.0320. The fraction of sp³-hybridized carbons (Fsp3) is 0.769. The molecule has 0 bridgehead atoms. The zero-order valence-corrected chi connectivity index (χ0v) is 13.2. The average Bonchev–Trinajstić information content (AvgIpc) is 2.29. The van der Waals surface area contributed by atoms with E-state index in [2.05, 4.69) is 10.6 Å². The first-order valence-electron chi connectivity index (χ1n) is 6.62. The normalized spacial score (nSPS) is 12.9. The van der Waals surface area contributed by atoms with Gasteiger partial charge in [-0.3, -0.25) is 9.59 Å². The van der Waals surface area contributed by atoms with Gasteiger partial charge in [0.05, 0.1) is 10.4 Å². The van der Waals surface area contributed by atoms with Crippen LogP contribution in [-0.2, 0) is 9.59 Å². The summed E-state index contributed by atoms with van der Waals surface area (Å²) in [7, 11) is 0. The Hall–Kier alpha value is -1.17. The maximum atomic E-state index is 12.3. The smallest absolute Gasteiger partial charge is 0.242 e. The number of nitrogens with one attached hydrogen (secondary N) is 2. The van der Waals surface area contributed by atoms with E-state index in [0.29, 0.717) is 12.8 Å². The number of thiocarbonyl (C=S) groups is 1. The summed E-state index contributed by atoms with van der Waals surface area (Å²) in [5, 5.41) is 5.44. The van der Waals surface area contributed by atoms with Gasteiger partial charge in [0.15, 0.2) is 0 Å². The Balaban J connectivity index is 4.83. The SMILES string of the molecule is CCC(CC)(C(=O)NC(C)C(=O)NC(C)C)C(N)=S. The monoisotopic (exact) mass is 287 g/mol. The number of carbonyl (C=O) groups excluding carboxylic acids is 2. The molecule has 6 heteroatoms. The minimum Gasteiger partial charge on any atom is -0.392 e. The van der Waals surface area contributed by atoms with Crippen molar-refractivity contribution in [2.24, 2.45) is 11.1 Å². The maximum Gasteiger partial charge on any atom is 0.242 e. The van der Waals surface area contributed by atoms with E-state index in [4.69, 9.17) is 18.0 Å². The number of amides is 2. The van der Waals surface area contributed by atoms with Crippen molar-refractivity contribution in [3.05, 3.63) is 0 Å². The molecule has 0 aromatic rings. The third-order valence-corrected chi connectivity index (χ3v) is 3.68. The van der Waals surface area contributed by atoms with Crippen LogP contribution in [-0.4, -0.2) is 28.9 Å². The molecule has 0 saturated carbocycles. The highest BCUT2D eigenvalue weighted by Gasteiger charge is 2.39. The van der Waals surface area contributed by atoms with Gasteiger partial charge in [0.25, 0.3) is 0 Å². The third kappa shape index (κ3) is 4.45. The molecule has 110 valence electrons. The summed E-state index contributed by atoms with van der Waals surface area (Å²) >= 11 is 5.01. The molecule has 1 unspecified atom stereocenters. The van der Waals surface area contributed by atoms with E-state index in [0.717, 1.165) is 0 Å². The van der Waals surface area contributed by atoms with Crippen molar-refractivity contribution in [3.8, 4) is 0 Å². The van der Waals surface area contributed by atoms with Gasteiger partial charge >= 0.3 is 0 Å². The molecule has 0 aliphatic carbocycles. The van der Waals surface area contributed by atoms with Crippen molar-refractivity contribution in [1.82, 2.24) is 10.6 Å². The van der Waals surface area contributed by atoms with Crippen molar-refractivity contribution < 1.29 is 9.59 Å². The first-order valence-corrected chi connectivity index (χ1v) is 7.03. The lowest BCUT2D eigenvalue weighted by molar-refractivity contribution is -0.132. The molecule has 0 radical (unpaired) electrons. The summed E-state index contributed by atoms with van der Waals surface area (Å²) in [5.74, 6) is -0.496. The summed E-state index contributed by atoms with van der Waals surface area (Å²) in [4.78, 5) is 24.3. The fourth-order valence-electron chi connectivity index (χ4n) is 1.84. The van der Waals surface area contributed by atoms with Crippen LogP contribution in [0, 0.1) is 5.41 Å². The van der Waals surface area contributed by atoms with Crippen LogP contribution in [0.4, 0.5) is 0 Å². The predicted octanol–water partition coefficient (Wildman–Crippen LogP) is 1.11. The van der Waals surface area contributed by atoms with Gasteiger partial charge in [-0.15, -0.1) is 0 Å². The molecule has 0 heterocycles. The summed E-state index contributed by atoms with van der Waals surface area (Å²) in [5.41, 5.74) is 4.82. The zero-order valence-electron chi connectivity index (χ0n) is 12.4. The van der Waals surface area contributed by atoms with Crippen molar-refractivity contribution in [2.75, 3.05) is 0 Å². The molecule has 0 rings (SSSR count). The van der Waals surface area contributed by atoms with Crippen LogP contribution in [0.1, 0.15) is 47.5 Å². The molecule has 0 spiro atoms. The quantitative estimate of drug-likeness (QED) is 0.612. The van der Waals surface area contributed by atoms with Crippen LogP contribution < -0.4 is 16.4 Å². The lowest BCUT2D eigenvalue weighted by atomic mass is 9.81. The Labute approximate surface area is 120 Å². The lowest BCUT2D eigenvalue weighted by Gasteiger charge is -2.30. The summed E-state index contributed by atoms with van der Waals surface area (Å²) in [6.07, 6.45) is 1.03. The molecule has 0 aliphatic heterocycles. The maximum absolute atomic E-state index is 12.3. The molecular formula is C13H25N3O2S. The van der Waals surface area contributed by atoms with Crippen LogP contribution in [0.5, 0.6) is 0 Å². The van der Waals surface area contributed by atoms with Gasteiger partial charge in [0.1, 0.15) is 6.04 Å². The third-order valence-electron chi connectivity index (χ3n) is 3.29. The number of hydrogen-bond donors (Lipinski definition) is 3. The van der Waals surface area contributed by atoms with Crippen molar-refractivity contribution in [1.29, 1.82) is 0 Å². The highest BCUT2D eigenvalue weighted by Crippen LogP contribution is 2.27. The van der Waals surface area contributed by atoms with Crippen LogP contribution >= 0.6 is 12.2 Å². The Morgan fingerprint density at radius 3 is 1.95 bits per heavy atom. The van der Waals surface area contributed by atoms with Gasteiger partial charge in [0, 0.05) is 6.04 Å². The summed E-state index contributed by atoms with van der Waals surface area (Å²) in [6.45, 7) is 9.10. The van der Waals surface area contributed by atoms with Crippen LogP contribution in [0.25, 0.3) is 0 Å². The molecule has 0 saturated heterocycles. The highest BCUT2D eigenvalue weighted by atomic mass is 32.1. The van der Waals surface area contributed by atoms with Crippen molar-refractivity contribution in [2.45, 2.75) is 59.5 Å². The van der Waals surface area contributed by atoms with E-state index in [1.165, 1.54) is 0 Å². The second-order valence-corrected chi connectivity index (χ2v) is 5.45. The van der Waals surface area contributed by atoms with Gasteiger partial charge < -0.3 is 16.4 Å². The minimum atomic E-state index is -0.873. The Kier molecular flexibility index (Phi) is 6.97. The molecule has 5 nitrogen and oxygen atoms in total. The number of hydrogen-bond acceptors (Lipinski definition) is 3. The topological polar surface area (TPSA) is 84.2 Å². The molecule has 0 aliphatic rings. The summed E-state index contributed by atoms with van der Waals surface area (Å²) in [6, 6.07) is -0.578. The lowest BCUT2D eigenvalue weighted by Crippen LogP contribution is -2.54. The first kappa shape index (κ1) is 17.8. The Bertz CT molecular complexity index is 352. The van der Waals surface area contributed by atoms with E-state index in [1.54, 1.807) is 6.92 Å². The van der Waals surface area contributed by atoms with Gasteiger partial charge in [0.2, 0.25) is 11.8 Å².